The third-order valence-corrected chi connectivity index (χ3v) is 6.14. The van der Waals surface area contributed by atoms with Crippen molar-refractivity contribution >= 4 is 51.5 Å². The quantitative estimate of drug-likeness (QED) is 0.682. The lowest BCUT2D eigenvalue weighted by atomic mass is 9.89. The average Bonchev–Trinajstić information content (AvgIpc) is 2.91. The lowest BCUT2D eigenvalue weighted by Gasteiger charge is -2.17. The van der Waals surface area contributed by atoms with Crippen molar-refractivity contribution in [3.8, 4) is 6.07 Å². The number of nitrogens with one attached hydrogen (secondary N) is 1. The van der Waals surface area contributed by atoms with Gasteiger partial charge in [-0.05, 0) is 54.5 Å². The van der Waals surface area contributed by atoms with Crippen molar-refractivity contribution < 1.29 is 4.79 Å². The fraction of sp³-hybridized carbons (Fsp3) is 0.263. The minimum Gasteiger partial charge on any atom is -0.313 e. The number of carbonyl (C=O) groups is 1. The van der Waals surface area contributed by atoms with Crippen LogP contribution >= 0.6 is 34.5 Å². The number of hydrogen-bond donors (Lipinski definition) is 1. The Morgan fingerprint density at radius 3 is 2.92 bits per heavy atom. The van der Waals surface area contributed by atoms with Gasteiger partial charge in [0, 0.05) is 11.0 Å². The molecule has 0 aliphatic heterocycles. The molecular weight excluding hydrogens is 375 g/mol. The molecule has 0 bridgehead atoms. The van der Waals surface area contributed by atoms with Crippen LogP contribution in [0.4, 0.5) is 5.00 Å². The van der Waals surface area contributed by atoms with Crippen molar-refractivity contribution in [2.75, 3.05) is 5.32 Å². The summed E-state index contributed by atoms with van der Waals surface area (Å²) in [7, 11) is 0. The Hall–Kier alpha value is -1.80. The number of rotatable bonds is 3. The van der Waals surface area contributed by atoms with E-state index in [-0.39, 0.29) is 5.91 Å². The van der Waals surface area contributed by atoms with E-state index in [4.69, 9.17) is 23.2 Å². The molecule has 128 valence electrons. The van der Waals surface area contributed by atoms with Crippen LogP contribution in [0.2, 0.25) is 10.0 Å². The van der Waals surface area contributed by atoms with Crippen molar-refractivity contribution in [3.05, 3.63) is 55.9 Å². The second-order valence-corrected chi connectivity index (χ2v) is 8.08. The Balaban J connectivity index is 1.76. The molecule has 0 spiro atoms. The Bertz CT molecular complexity index is 896. The van der Waals surface area contributed by atoms with E-state index in [2.05, 4.69) is 18.3 Å². The predicted molar refractivity (Wildman–Crippen MR) is 104 cm³/mol. The van der Waals surface area contributed by atoms with Gasteiger partial charge in [0.05, 0.1) is 15.6 Å². The molecule has 1 aliphatic rings. The monoisotopic (exact) mass is 390 g/mol. The molecular formula is C19H16Cl2N2OS. The van der Waals surface area contributed by atoms with E-state index >= 15 is 0 Å². The van der Waals surface area contributed by atoms with Gasteiger partial charge in [0.1, 0.15) is 11.1 Å². The van der Waals surface area contributed by atoms with Gasteiger partial charge in [-0.1, -0.05) is 36.2 Å². The van der Waals surface area contributed by atoms with Gasteiger partial charge in [-0.25, -0.2) is 0 Å². The SMILES string of the molecule is CC1CCc2c(sc(NC(=O)C=Cc3ccc(Cl)c(Cl)c3)c2C#N)C1. The number of thiophene rings is 1. The van der Waals surface area contributed by atoms with Gasteiger partial charge in [0.15, 0.2) is 0 Å². The van der Waals surface area contributed by atoms with Crippen LogP contribution in [-0.2, 0) is 17.6 Å². The fourth-order valence-electron chi connectivity index (χ4n) is 2.90. The molecule has 6 heteroatoms. The zero-order valence-corrected chi connectivity index (χ0v) is 15.9. The number of benzene rings is 1. The van der Waals surface area contributed by atoms with E-state index in [1.165, 1.54) is 22.3 Å². The highest BCUT2D eigenvalue weighted by molar-refractivity contribution is 7.16. The first-order valence-corrected chi connectivity index (χ1v) is 9.54. The molecule has 1 N–H and O–H groups in total. The minimum atomic E-state index is -0.269. The van der Waals surface area contributed by atoms with Crippen LogP contribution in [0.5, 0.6) is 0 Å². The third-order valence-electron chi connectivity index (χ3n) is 4.23. The van der Waals surface area contributed by atoms with E-state index in [9.17, 15) is 10.1 Å². The summed E-state index contributed by atoms with van der Waals surface area (Å²) in [6.45, 7) is 2.22. The predicted octanol–water partition coefficient (Wildman–Crippen LogP) is 5.70. The molecule has 25 heavy (non-hydrogen) atoms. The number of fused-ring (bicyclic) bond motifs is 1. The summed E-state index contributed by atoms with van der Waals surface area (Å²) in [5.41, 5.74) is 2.50. The Labute approximate surface area is 160 Å². The van der Waals surface area contributed by atoms with E-state index in [0.717, 1.165) is 30.4 Å². The molecule has 1 aliphatic carbocycles. The molecule has 0 fully saturated rings. The second kappa shape index (κ2) is 7.61. The minimum absolute atomic E-state index is 0.269. The van der Waals surface area contributed by atoms with E-state index in [1.807, 2.05) is 0 Å². The summed E-state index contributed by atoms with van der Waals surface area (Å²) in [6, 6.07) is 7.41. The van der Waals surface area contributed by atoms with Crippen LogP contribution in [0, 0.1) is 17.2 Å². The van der Waals surface area contributed by atoms with Gasteiger partial charge in [-0.2, -0.15) is 5.26 Å². The fourth-order valence-corrected chi connectivity index (χ4v) is 4.57. The van der Waals surface area contributed by atoms with Crippen molar-refractivity contribution in [2.45, 2.75) is 26.2 Å². The molecule has 1 unspecified atom stereocenters. The van der Waals surface area contributed by atoms with E-state index in [0.29, 0.717) is 26.5 Å². The van der Waals surface area contributed by atoms with Crippen molar-refractivity contribution in [1.82, 2.24) is 0 Å². The maximum absolute atomic E-state index is 12.2. The molecule has 3 rings (SSSR count). The van der Waals surface area contributed by atoms with E-state index in [1.54, 1.807) is 24.3 Å². The Morgan fingerprint density at radius 1 is 1.40 bits per heavy atom. The number of amides is 1. The summed E-state index contributed by atoms with van der Waals surface area (Å²) in [6.07, 6.45) is 6.07. The Kier molecular flexibility index (Phi) is 5.48. The summed E-state index contributed by atoms with van der Waals surface area (Å²) >= 11 is 13.4. The molecule has 1 aromatic heterocycles. The van der Waals surface area contributed by atoms with Crippen molar-refractivity contribution in [3.63, 3.8) is 0 Å². The maximum atomic E-state index is 12.2. The second-order valence-electron chi connectivity index (χ2n) is 6.16. The van der Waals surface area contributed by atoms with Crippen molar-refractivity contribution in [1.29, 1.82) is 5.26 Å². The Morgan fingerprint density at radius 2 is 2.20 bits per heavy atom. The van der Waals surface area contributed by atoms with Crippen LogP contribution in [0.25, 0.3) is 6.08 Å². The molecule has 0 saturated carbocycles. The maximum Gasteiger partial charge on any atom is 0.249 e. The number of nitriles is 1. The normalized spacial score (nSPS) is 16.5. The molecule has 0 saturated heterocycles. The first-order valence-electron chi connectivity index (χ1n) is 7.96. The molecule has 2 aromatic rings. The van der Waals surface area contributed by atoms with Gasteiger partial charge < -0.3 is 5.32 Å². The largest absolute Gasteiger partial charge is 0.313 e. The van der Waals surface area contributed by atoms with Crippen LogP contribution in [0.1, 0.15) is 34.9 Å². The van der Waals surface area contributed by atoms with Gasteiger partial charge in [0.25, 0.3) is 0 Å². The van der Waals surface area contributed by atoms with Crippen LogP contribution in [0.15, 0.2) is 24.3 Å². The first kappa shape index (κ1) is 18.0. The van der Waals surface area contributed by atoms with Gasteiger partial charge in [-0.15, -0.1) is 11.3 Å². The zero-order chi connectivity index (χ0) is 18.0. The summed E-state index contributed by atoms with van der Waals surface area (Å²) in [5, 5.41) is 13.9. The highest BCUT2D eigenvalue weighted by Crippen LogP contribution is 2.39. The summed E-state index contributed by atoms with van der Waals surface area (Å²) in [5.74, 6) is 0.352. The standard InChI is InChI=1S/C19H16Cl2N2OS/c1-11-2-5-13-14(10-22)19(25-17(13)8-11)23-18(24)7-4-12-3-6-15(20)16(21)9-12/h3-4,6-7,9,11H,2,5,8H2,1H3,(H,23,24). The van der Waals surface area contributed by atoms with Crippen LogP contribution < -0.4 is 5.32 Å². The number of hydrogen-bond acceptors (Lipinski definition) is 3. The molecule has 1 aromatic carbocycles. The molecule has 1 atom stereocenters. The third kappa shape index (κ3) is 4.07. The van der Waals surface area contributed by atoms with Crippen LogP contribution in [0.3, 0.4) is 0 Å². The summed E-state index contributed by atoms with van der Waals surface area (Å²) in [4.78, 5) is 13.4. The topological polar surface area (TPSA) is 52.9 Å². The van der Waals surface area contributed by atoms with Crippen molar-refractivity contribution in [2.24, 2.45) is 5.92 Å². The number of halogens is 2. The number of carbonyl (C=O) groups excluding carboxylic acids is 1. The number of anilines is 1. The van der Waals surface area contributed by atoms with Gasteiger partial charge in [0.2, 0.25) is 5.91 Å². The van der Waals surface area contributed by atoms with Gasteiger partial charge in [-0.3, -0.25) is 4.79 Å². The molecule has 0 radical (unpaired) electrons. The average molecular weight is 391 g/mol. The molecule has 1 amide bonds. The first-order chi connectivity index (χ1) is 12.0. The zero-order valence-electron chi connectivity index (χ0n) is 13.6. The number of nitrogens with zero attached hydrogens (tertiary/aromatic N) is 1. The molecule has 1 heterocycles. The van der Waals surface area contributed by atoms with E-state index < -0.39 is 0 Å². The summed E-state index contributed by atoms with van der Waals surface area (Å²) < 4.78 is 0. The molecule has 3 nitrogen and oxygen atoms in total. The lowest BCUT2D eigenvalue weighted by Crippen LogP contribution is -2.10. The highest BCUT2D eigenvalue weighted by Gasteiger charge is 2.24. The van der Waals surface area contributed by atoms with Crippen LogP contribution in [-0.4, -0.2) is 5.91 Å². The highest BCUT2D eigenvalue weighted by atomic mass is 35.5. The lowest BCUT2D eigenvalue weighted by molar-refractivity contribution is -0.111. The van der Waals surface area contributed by atoms with Gasteiger partial charge >= 0.3 is 0 Å². The smallest absolute Gasteiger partial charge is 0.249 e.